The van der Waals surface area contributed by atoms with Gasteiger partial charge in [0.05, 0.1) is 0 Å². The molecule has 1 saturated heterocycles. The minimum absolute atomic E-state index is 0.166. The van der Waals surface area contributed by atoms with Crippen molar-refractivity contribution in [1.82, 2.24) is 9.80 Å². The number of hydrogen-bond donors (Lipinski definition) is 0. The zero-order valence-corrected chi connectivity index (χ0v) is 10.4. The molecule has 1 amide bonds. The Hall–Kier alpha value is -0.780. The number of amides is 1. The van der Waals surface area contributed by atoms with Crippen molar-refractivity contribution in [1.29, 1.82) is 0 Å². The lowest BCUT2D eigenvalue weighted by Crippen LogP contribution is -2.61. The zero-order valence-electron chi connectivity index (χ0n) is 10.4. The lowest BCUT2D eigenvalue weighted by Gasteiger charge is -2.44. The summed E-state index contributed by atoms with van der Waals surface area (Å²) in [4.78, 5) is 14.2. The fourth-order valence-corrected chi connectivity index (χ4v) is 2.16. The van der Waals surface area contributed by atoms with Crippen LogP contribution in [0.2, 0.25) is 0 Å². The highest BCUT2D eigenvalue weighted by atomic mass is 19.4. The second-order valence-electron chi connectivity index (χ2n) is 4.58. The van der Waals surface area contributed by atoms with E-state index < -0.39 is 12.2 Å². The Bertz CT molecular complexity index is 278. The zero-order chi connectivity index (χ0) is 13.2. The largest absolute Gasteiger partial charge is 0.405 e. The summed E-state index contributed by atoms with van der Waals surface area (Å²) in [6.45, 7) is 5.59. The van der Waals surface area contributed by atoms with E-state index in [4.69, 9.17) is 0 Å². The number of hydrogen-bond acceptors (Lipinski definition) is 2. The molecule has 1 unspecified atom stereocenters. The summed E-state index contributed by atoms with van der Waals surface area (Å²) < 4.78 is 38.7. The monoisotopic (exact) mass is 252 g/mol. The third-order valence-corrected chi connectivity index (χ3v) is 3.12. The molecule has 0 radical (unpaired) electrons. The van der Waals surface area contributed by atoms with Crippen LogP contribution in [0.5, 0.6) is 0 Å². The molecule has 1 atom stereocenters. The number of carbonyl (C=O) groups excluding carboxylic acids is 1. The van der Waals surface area contributed by atoms with E-state index in [1.54, 1.807) is 20.8 Å². The van der Waals surface area contributed by atoms with Crippen LogP contribution in [0.25, 0.3) is 0 Å². The number of alkyl halides is 3. The first-order valence-electron chi connectivity index (χ1n) is 5.87. The van der Waals surface area contributed by atoms with Crippen molar-refractivity contribution in [3.8, 4) is 0 Å². The molecule has 0 saturated carbocycles. The van der Waals surface area contributed by atoms with Crippen LogP contribution in [0.15, 0.2) is 0 Å². The Morgan fingerprint density at radius 3 is 2.35 bits per heavy atom. The smallest absolute Gasteiger partial charge is 0.340 e. The van der Waals surface area contributed by atoms with Gasteiger partial charge in [-0.25, -0.2) is 0 Å². The van der Waals surface area contributed by atoms with Gasteiger partial charge in [0.15, 0.2) is 0 Å². The minimum Gasteiger partial charge on any atom is -0.340 e. The van der Waals surface area contributed by atoms with Crippen molar-refractivity contribution in [2.24, 2.45) is 0 Å². The molecule has 0 aromatic heterocycles. The van der Waals surface area contributed by atoms with E-state index in [0.29, 0.717) is 6.54 Å². The maximum Gasteiger partial charge on any atom is 0.405 e. The van der Waals surface area contributed by atoms with Gasteiger partial charge in [-0.05, 0) is 13.8 Å². The van der Waals surface area contributed by atoms with Gasteiger partial charge in [-0.1, -0.05) is 6.92 Å². The van der Waals surface area contributed by atoms with Crippen molar-refractivity contribution in [2.75, 3.05) is 19.6 Å². The normalized spacial score (nSPS) is 23.2. The fraction of sp³-hybridized carbons (Fsp3) is 0.909. The van der Waals surface area contributed by atoms with E-state index >= 15 is 0 Å². The first-order chi connectivity index (χ1) is 7.77. The molecule has 1 fully saturated rings. The van der Waals surface area contributed by atoms with Crippen LogP contribution in [0.1, 0.15) is 27.2 Å². The molecule has 1 rings (SSSR count). The van der Waals surface area contributed by atoms with Crippen molar-refractivity contribution in [2.45, 2.75) is 45.5 Å². The first-order valence-corrected chi connectivity index (χ1v) is 5.87. The second kappa shape index (κ2) is 5.25. The van der Waals surface area contributed by atoms with Crippen LogP contribution in [0.3, 0.4) is 0 Å². The number of halogens is 3. The van der Waals surface area contributed by atoms with Crippen LogP contribution >= 0.6 is 0 Å². The molecule has 6 heteroatoms. The van der Waals surface area contributed by atoms with E-state index in [2.05, 4.69) is 0 Å². The van der Waals surface area contributed by atoms with E-state index in [-0.39, 0.29) is 31.5 Å². The molecular formula is C11H19F3N2O. The molecule has 3 nitrogen and oxygen atoms in total. The van der Waals surface area contributed by atoms with Crippen LogP contribution < -0.4 is 0 Å². The van der Waals surface area contributed by atoms with Gasteiger partial charge in [0.1, 0.15) is 6.04 Å². The molecule has 0 bridgehead atoms. The van der Waals surface area contributed by atoms with Crippen LogP contribution in [-0.4, -0.2) is 53.6 Å². The first kappa shape index (κ1) is 14.3. The van der Waals surface area contributed by atoms with Crippen LogP contribution in [0.4, 0.5) is 13.2 Å². The Morgan fingerprint density at radius 1 is 1.35 bits per heavy atom. The summed E-state index contributed by atoms with van der Waals surface area (Å²) in [7, 11) is 0. The van der Waals surface area contributed by atoms with Gasteiger partial charge in [0, 0.05) is 32.1 Å². The van der Waals surface area contributed by atoms with E-state index in [1.807, 2.05) is 0 Å². The summed E-state index contributed by atoms with van der Waals surface area (Å²) in [6.07, 6.45) is -4.02. The quantitative estimate of drug-likeness (QED) is 0.749. The average molecular weight is 252 g/mol. The van der Waals surface area contributed by atoms with E-state index in [0.717, 1.165) is 0 Å². The Morgan fingerprint density at radius 2 is 1.94 bits per heavy atom. The molecule has 0 aromatic rings. The molecular weight excluding hydrogens is 233 g/mol. The van der Waals surface area contributed by atoms with Gasteiger partial charge < -0.3 is 4.90 Å². The average Bonchev–Trinajstić information content (AvgIpc) is 2.25. The highest BCUT2D eigenvalue weighted by Gasteiger charge is 2.47. The van der Waals surface area contributed by atoms with Crippen LogP contribution in [0, 0.1) is 0 Å². The molecule has 17 heavy (non-hydrogen) atoms. The molecule has 1 heterocycles. The summed E-state index contributed by atoms with van der Waals surface area (Å²) in [5.74, 6) is -0.206. The van der Waals surface area contributed by atoms with Crippen molar-refractivity contribution < 1.29 is 18.0 Å². The molecule has 1 aliphatic rings. The Labute approximate surface area is 99.6 Å². The molecule has 0 spiro atoms. The van der Waals surface area contributed by atoms with Crippen molar-refractivity contribution in [3.63, 3.8) is 0 Å². The number of carbonyl (C=O) groups is 1. The topological polar surface area (TPSA) is 23.6 Å². The van der Waals surface area contributed by atoms with Gasteiger partial charge in [-0.2, -0.15) is 13.2 Å². The maximum absolute atomic E-state index is 12.9. The Kier molecular flexibility index (Phi) is 4.41. The second-order valence-corrected chi connectivity index (χ2v) is 4.58. The predicted octanol–water partition coefficient (Wildman–Crippen LogP) is 1.88. The molecule has 0 N–H and O–H groups in total. The summed E-state index contributed by atoms with van der Waals surface area (Å²) in [5.41, 5.74) is 0. The lowest BCUT2D eigenvalue weighted by atomic mass is 10.1. The molecule has 1 aliphatic heterocycles. The SMILES string of the molecule is CCC(=O)N1CCN(C(C)C)C(C(F)(F)F)C1. The van der Waals surface area contributed by atoms with E-state index in [1.165, 1.54) is 9.80 Å². The summed E-state index contributed by atoms with van der Waals surface area (Å²) in [5, 5.41) is 0. The van der Waals surface area contributed by atoms with Gasteiger partial charge >= 0.3 is 6.18 Å². The van der Waals surface area contributed by atoms with E-state index in [9.17, 15) is 18.0 Å². The van der Waals surface area contributed by atoms with Gasteiger partial charge in [-0.15, -0.1) is 0 Å². The third kappa shape index (κ3) is 3.34. The molecule has 0 aliphatic carbocycles. The summed E-state index contributed by atoms with van der Waals surface area (Å²) in [6, 6.07) is -1.70. The maximum atomic E-state index is 12.9. The highest BCUT2D eigenvalue weighted by Crippen LogP contribution is 2.29. The highest BCUT2D eigenvalue weighted by molar-refractivity contribution is 5.76. The van der Waals surface area contributed by atoms with Gasteiger partial charge in [0.2, 0.25) is 5.91 Å². The number of piperazine rings is 1. The lowest BCUT2D eigenvalue weighted by molar-refractivity contribution is -0.202. The van der Waals surface area contributed by atoms with Crippen molar-refractivity contribution in [3.05, 3.63) is 0 Å². The van der Waals surface area contributed by atoms with Crippen LogP contribution in [-0.2, 0) is 4.79 Å². The Balaban J connectivity index is 2.81. The fourth-order valence-electron chi connectivity index (χ4n) is 2.16. The van der Waals surface area contributed by atoms with Crippen molar-refractivity contribution >= 4 is 5.91 Å². The van der Waals surface area contributed by atoms with Gasteiger partial charge in [-0.3, -0.25) is 9.69 Å². The number of nitrogens with zero attached hydrogens (tertiary/aromatic N) is 2. The summed E-state index contributed by atoms with van der Waals surface area (Å²) >= 11 is 0. The molecule has 100 valence electrons. The third-order valence-electron chi connectivity index (χ3n) is 3.12. The standard InChI is InChI=1S/C11H19F3N2O/c1-4-10(17)15-5-6-16(8(2)3)9(7-15)11(12,13)14/h8-9H,4-7H2,1-3H3. The molecule has 0 aromatic carbocycles. The predicted molar refractivity (Wildman–Crippen MR) is 58.6 cm³/mol. The van der Waals surface area contributed by atoms with Gasteiger partial charge in [0.25, 0.3) is 0 Å². The number of rotatable bonds is 2. The minimum atomic E-state index is -4.28.